The highest BCUT2D eigenvalue weighted by Gasteiger charge is 2.46. The number of pyridine rings is 1. The highest BCUT2D eigenvalue weighted by atomic mass is 35.5. The molecule has 4 heterocycles. The van der Waals surface area contributed by atoms with E-state index in [2.05, 4.69) is 11.6 Å². The molecular weight excluding hydrogens is 503 g/mol. The fourth-order valence-electron chi connectivity index (χ4n) is 5.34. The number of ether oxygens (including phenoxy) is 1. The molecule has 37 heavy (non-hydrogen) atoms. The van der Waals surface area contributed by atoms with Gasteiger partial charge in [-0.25, -0.2) is 9.37 Å². The minimum atomic E-state index is -0.801. The monoisotopic (exact) mass is 530 g/mol. The Hall–Kier alpha value is -3.37. The number of piperazine rings is 1. The number of phenols is 1. The van der Waals surface area contributed by atoms with Gasteiger partial charge in [0.05, 0.1) is 23.2 Å². The summed E-state index contributed by atoms with van der Waals surface area (Å²) in [5.74, 6) is -1.50. The zero-order valence-electron chi connectivity index (χ0n) is 20.6. The molecule has 2 atom stereocenters. The van der Waals surface area contributed by atoms with Gasteiger partial charge in [0.2, 0.25) is 5.91 Å². The summed E-state index contributed by atoms with van der Waals surface area (Å²) < 4.78 is 21.1. The SMILES string of the molecule is C=CC(=O)N1CCN2C(=O)c3c(N4CC[C@@H](O)C4(C)C)nc(-c4c(O)cccc4F)c(Cl)c3OC[C@H]2C1. The van der Waals surface area contributed by atoms with Crippen LogP contribution in [0.3, 0.4) is 0 Å². The Balaban J connectivity index is 1.70. The van der Waals surface area contributed by atoms with E-state index in [9.17, 15) is 24.2 Å². The summed E-state index contributed by atoms with van der Waals surface area (Å²) in [6, 6.07) is 3.41. The first kappa shape index (κ1) is 25.3. The van der Waals surface area contributed by atoms with Gasteiger partial charge in [0.25, 0.3) is 5.91 Å². The highest BCUT2D eigenvalue weighted by molar-refractivity contribution is 6.35. The number of halogens is 2. The zero-order chi connectivity index (χ0) is 26.6. The topological polar surface area (TPSA) is 106 Å². The number of fused-ring (bicyclic) bond motifs is 2. The molecule has 2 aromatic rings. The van der Waals surface area contributed by atoms with Gasteiger partial charge >= 0.3 is 0 Å². The normalized spacial score (nSPS) is 22.7. The van der Waals surface area contributed by atoms with Crippen LogP contribution in [0.1, 0.15) is 30.6 Å². The molecule has 3 aliphatic heterocycles. The number of anilines is 1. The van der Waals surface area contributed by atoms with Crippen molar-refractivity contribution in [2.24, 2.45) is 0 Å². The van der Waals surface area contributed by atoms with Crippen molar-refractivity contribution in [2.75, 3.05) is 37.7 Å². The van der Waals surface area contributed by atoms with Crippen LogP contribution in [0.4, 0.5) is 10.2 Å². The summed E-state index contributed by atoms with van der Waals surface area (Å²) in [6.07, 6.45) is 0.970. The Morgan fingerprint density at radius 2 is 2.05 bits per heavy atom. The van der Waals surface area contributed by atoms with Crippen molar-refractivity contribution in [3.05, 3.63) is 47.3 Å². The second-order valence-electron chi connectivity index (χ2n) is 10.00. The van der Waals surface area contributed by atoms with Crippen LogP contribution in [0, 0.1) is 5.82 Å². The maximum absolute atomic E-state index is 14.9. The Morgan fingerprint density at radius 1 is 1.30 bits per heavy atom. The van der Waals surface area contributed by atoms with E-state index in [0.29, 0.717) is 19.5 Å². The zero-order valence-corrected chi connectivity index (χ0v) is 21.3. The van der Waals surface area contributed by atoms with Crippen molar-refractivity contribution in [2.45, 2.75) is 38.0 Å². The van der Waals surface area contributed by atoms with E-state index in [0.717, 1.165) is 0 Å². The molecule has 2 fully saturated rings. The second-order valence-corrected chi connectivity index (χ2v) is 10.4. The number of aliphatic hydroxyl groups excluding tert-OH is 1. The smallest absolute Gasteiger partial charge is 0.261 e. The van der Waals surface area contributed by atoms with E-state index in [1.54, 1.807) is 14.7 Å². The number of benzene rings is 1. The van der Waals surface area contributed by atoms with Gasteiger partial charge in [-0.2, -0.15) is 0 Å². The first-order valence-corrected chi connectivity index (χ1v) is 12.5. The van der Waals surface area contributed by atoms with Gasteiger partial charge in [0.15, 0.2) is 5.75 Å². The second kappa shape index (κ2) is 9.18. The number of amides is 2. The predicted molar refractivity (Wildman–Crippen MR) is 135 cm³/mol. The van der Waals surface area contributed by atoms with Gasteiger partial charge < -0.3 is 29.6 Å². The molecule has 11 heteroatoms. The molecular formula is C26H28ClFN4O5. The quantitative estimate of drug-likeness (QED) is 0.588. The summed E-state index contributed by atoms with van der Waals surface area (Å²) in [6.45, 7) is 8.47. The average molecular weight is 531 g/mol. The van der Waals surface area contributed by atoms with E-state index in [1.165, 1.54) is 24.3 Å². The molecule has 0 unspecified atom stereocenters. The van der Waals surface area contributed by atoms with Crippen LogP contribution in [0.25, 0.3) is 11.3 Å². The fourth-order valence-corrected chi connectivity index (χ4v) is 5.62. The lowest BCUT2D eigenvalue weighted by Gasteiger charge is -2.40. The Bertz CT molecular complexity index is 1280. The first-order valence-electron chi connectivity index (χ1n) is 12.1. The number of hydrogen-bond acceptors (Lipinski definition) is 7. The number of nitrogens with zero attached hydrogens (tertiary/aromatic N) is 4. The van der Waals surface area contributed by atoms with E-state index < -0.39 is 23.5 Å². The number of aromatic hydroxyl groups is 1. The average Bonchev–Trinajstić information content (AvgIpc) is 3.04. The molecule has 0 bridgehead atoms. The molecule has 5 rings (SSSR count). The van der Waals surface area contributed by atoms with Crippen LogP contribution in [-0.2, 0) is 4.79 Å². The van der Waals surface area contributed by atoms with Crippen molar-refractivity contribution in [3.63, 3.8) is 0 Å². The molecule has 2 saturated heterocycles. The summed E-state index contributed by atoms with van der Waals surface area (Å²) in [4.78, 5) is 35.9. The van der Waals surface area contributed by atoms with Gasteiger partial charge in [-0.1, -0.05) is 24.2 Å². The lowest BCUT2D eigenvalue weighted by Crippen LogP contribution is -2.57. The molecule has 1 aromatic heterocycles. The van der Waals surface area contributed by atoms with E-state index in [4.69, 9.17) is 16.3 Å². The molecule has 0 spiro atoms. The number of carbonyl (C=O) groups is 2. The number of carbonyl (C=O) groups excluding carboxylic acids is 2. The van der Waals surface area contributed by atoms with E-state index in [1.807, 2.05) is 13.8 Å². The lowest BCUT2D eigenvalue weighted by atomic mass is 9.97. The van der Waals surface area contributed by atoms with Crippen molar-refractivity contribution >= 4 is 29.2 Å². The maximum Gasteiger partial charge on any atom is 0.261 e. The van der Waals surface area contributed by atoms with Crippen molar-refractivity contribution in [1.82, 2.24) is 14.8 Å². The molecule has 196 valence electrons. The van der Waals surface area contributed by atoms with E-state index in [-0.39, 0.29) is 70.7 Å². The largest absolute Gasteiger partial charge is 0.507 e. The van der Waals surface area contributed by atoms with Crippen LogP contribution >= 0.6 is 11.6 Å². The lowest BCUT2D eigenvalue weighted by molar-refractivity contribution is -0.128. The van der Waals surface area contributed by atoms with Gasteiger partial charge in [-0.15, -0.1) is 0 Å². The molecule has 2 N–H and O–H groups in total. The van der Waals surface area contributed by atoms with Crippen LogP contribution < -0.4 is 9.64 Å². The predicted octanol–water partition coefficient (Wildman–Crippen LogP) is 2.83. The summed E-state index contributed by atoms with van der Waals surface area (Å²) in [5, 5.41) is 21.1. The summed E-state index contributed by atoms with van der Waals surface area (Å²) >= 11 is 6.74. The number of aromatic nitrogens is 1. The molecule has 9 nitrogen and oxygen atoms in total. The molecule has 3 aliphatic rings. The summed E-state index contributed by atoms with van der Waals surface area (Å²) in [7, 11) is 0. The van der Waals surface area contributed by atoms with Crippen LogP contribution in [-0.4, -0.2) is 87.3 Å². The van der Waals surface area contributed by atoms with Gasteiger partial charge in [0.1, 0.15) is 40.3 Å². The number of rotatable bonds is 3. The first-order chi connectivity index (χ1) is 17.6. The van der Waals surface area contributed by atoms with Gasteiger partial charge in [-0.05, 0) is 38.5 Å². The van der Waals surface area contributed by atoms with Gasteiger partial charge in [0, 0.05) is 26.2 Å². The Kier molecular flexibility index (Phi) is 6.27. The minimum absolute atomic E-state index is 0.0301. The van der Waals surface area contributed by atoms with Crippen LogP contribution in [0.15, 0.2) is 30.9 Å². The van der Waals surface area contributed by atoms with Crippen molar-refractivity contribution < 1.29 is 28.9 Å². The Labute approximate surface area is 218 Å². The maximum atomic E-state index is 14.9. The van der Waals surface area contributed by atoms with Crippen LogP contribution in [0.2, 0.25) is 5.02 Å². The molecule has 0 saturated carbocycles. The third-order valence-corrected chi connectivity index (χ3v) is 7.91. The van der Waals surface area contributed by atoms with Gasteiger partial charge in [-0.3, -0.25) is 9.59 Å². The van der Waals surface area contributed by atoms with Crippen molar-refractivity contribution in [3.8, 4) is 22.8 Å². The molecule has 2 amide bonds. The molecule has 0 aliphatic carbocycles. The number of phenolic OH excluding ortho intramolecular Hbond substituents is 1. The third-order valence-electron chi connectivity index (χ3n) is 7.56. The van der Waals surface area contributed by atoms with Crippen LogP contribution in [0.5, 0.6) is 11.5 Å². The number of aliphatic hydroxyl groups is 1. The summed E-state index contributed by atoms with van der Waals surface area (Å²) in [5.41, 5.74) is -0.975. The number of hydrogen-bond donors (Lipinski definition) is 2. The third kappa shape index (κ3) is 3.99. The minimum Gasteiger partial charge on any atom is -0.507 e. The molecule has 0 radical (unpaired) electrons. The van der Waals surface area contributed by atoms with Crippen molar-refractivity contribution in [1.29, 1.82) is 0 Å². The van der Waals surface area contributed by atoms with E-state index >= 15 is 0 Å². The molecule has 1 aromatic carbocycles. The Morgan fingerprint density at radius 3 is 2.70 bits per heavy atom. The highest BCUT2D eigenvalue weighted by Crippen LogP contribution is 2.48. The standard InChI is InChI=1S/C26H28ClFN4O5/c1-4-18(35)30-10-11-31-14(12-30)13-37-23-20(25(31)36)24(32-9-8-17(34)26(32,2)3)29-22(21(23)27)19-15(28)6-5-7-16(19)33/h4-7,14,17,33-34H,1,8-13H2,2-3H3/t14-,17-/m1/s1. The fraction of sp³-hybridized carbons (Fsp3) is 0.423.